The average Bonchev–Trinajstić information content (AvgIpc) is 1.98. The van der Waals surface area contributed by atoms with Crippen molar-refractivity contribution in [3.63, 3.8) is 0 Å². The summed E-state index contributed by atoms with van der Waals surface area (Å²) in [6.45, 7) is 2.10. The van der Waals surface area contributed by atoms with Crippen LogP contribution in [0.25, 0.3) is 0 Å². The highest BCUT2D eigenvalue weighted by Gasteiger charge is 2.28. The van der Waals surface area contributed by atoms with Crippen LogP contribution in [0.2, 0.25) is 0 Å². The van der Waals surface area contributed by atoms with Gasteiger partial charge in [-0.3, -0.25) is 4.79 Å². The van der Waals surface area contributed by atoms with E-state index in [9.17, 15) is 4.79 Å². The summed E-state index contributed by atoms with van der Waals surface area (Å²) in [6.07, 6.45) is 1.84. The number of alkyl halides is 1. The van der Waals surface area contributed by atoms with Crippen LogP contribution < -0.4 is 0 Å². The molecular weight excluding hydrogens is 168 g/mol. The predicted molar refractivity (Wildman–Crippen MR) is 36.1 cm³/mol. The zero-order valence-corrected chi connectivity index (χ0v) is 6.44. The molecule has 2 atom stereocenters. The van der Waals surface area contributed by atoms with Gasteiger partial charge in [0.05, 0.1) is 4.83 Å². The largest absolute Gasteiger partial charge is 0.298 e. The van der Waals surface area contributed by atoms with Crippen molar-refractivity contribution in [1.82, 2.24) is 0 Å². The quantitative estimate of drug-likeness (QED) is 0.515. The monoisotopic (exact) mass is 176 g/mol. The van der Waals surface area contributed by atoms with E-state index in [1.165, 1.54) is 0 Å². The van der Waals surface area contributed by atoms with E-state index in [-0.39, 0.29) is 4.83 Å². The van der Waals surface area contributed by atoms with Crippen LogP contribution in [0.3, 0.4) is 0 Å². The minimum absolute atomic E-state index is 0.155. The first-order valence-electron chi connectivity index (χ1n) is 2.88. The van der Waals surface area contributed by atoms with E-state index in [1.54, 1.807) is 0 Å². The molecule has 0 spiro atoms. The summed E-state index contributed by atoms with van der Waals surface area (Å²) in [4.78, 5) is 10.9. The Morgan fingerprint density at radius 1 is 1.75 bits per heavy atom. The Bertz CT molecular complexity index is 111. The smallest absolute Gasteiger partial charge is 0.146 e. The fourth-order valence-corrected chi connectivity index (χ4v) is 1.46. The maximum absolute atomic E-state index is 10.7. The van der Waals surface area contributed by atoms with Crippen LogP contribution in [-0.4, -0.2) is 10.6 Å². The van der Waals surface area contributed by atoms with Crippen molar-refractivity contribution in [2.24, 2.45) is 5.92 Å². The van der Waals surface area contributed by atoms with Crippen LogP contribution in [0.1, 0.15) is 19.8 Å². The number of Topliss-reactive ketones (excluding diaryl/α,β-unsaturated/α-hetero) is 1. The second-order valence-electron chi connectivity index (χ2n) is 2.38. The molecule has 1 saturated carbocycles. The molecule has 1 fully saturated rings. The van der Waals surface area contributed by atoms with Crippen LogP contribution in [0.15, 0.2) is 0 Å². The van der Waals surface area contributed by atoms with Gasteiger partial charge in [0.25, 0.3) is 0 Å². The Balaban J connectivity index is 2.56. The maximum atomic E-state index is 10.7. The van der Waals surface area contributed by atoms with E-state index in [2.05, 4.69) is 22.9 Å². The van der Waals surface area contributed by atoms with Gasteiger partial charge < -0.3 is 0 Å². The number of halogens is 1. The van der Waals surface area contributed by atoms with Crippen molar-refractivity contribution in [2.75, 3.05) is 0 Å². The lowest BCUT2D eigenvalue weighted by molar-refractivity contribution is -0.117. The van der Waals surface area contributed by atoms with Crippen molar-refractivity contribution >= 4 is 21.7 Å². The Hall–Kier alpha value is 0.150. The molecule has 1 aliphatic rings. The number of rotatable bonds is 0. The molecule has 2 heteroatoms. The van der Waals surface area contributed by atoms with Crippen LogP contribution in [0, 0.1) is 5.92 Å². The summed E-state index contributed by atoms with van der Waals surface area (Å²) < 4.78 is 0. The van der Waals surface area contributed by atoms with Gasteiger partial charge in [0, 0.05) is 6.42 Å². The highest BCUT2D eigenvalue weighted by atomic mass is 79.9. The first-order chi connectivity index (χ1) is 3.72. The van der Waals surface area contributed by atoms with Crippen LogP contribution >= 0.6 is 15.9 Å². The lowest BCUT2D eigenvalue weighted by Gasteiger charge is -2.01. The first kappa shape index (κ1) is 6.27. The molecule has 0 aromatic rings. The molecule has 0 aliphatic heterocycles. The minimum atomic E-state index is 0.155. The summed E-state index contributed by atoms with van der Waals surface area (Å²) in [5.74, 6) is 0.931. The molecule has 8 heavy (non-hydrogen) atoms. The molecular formula is C6H9BrO. The summed E-state index contributed by atoms with van der Waals surface area (Å²) in [5.41, 5.74) is 0. The number of carbonyl (C=O) groups is 1. The highest BCUT2D eigenvalue weighted by Crippen LogP contribution is 2.27. The number of hydrogen-bond donors (Lipinski definition) is 0. The van der Waals surface area contributed by atoms with E-state index in [4.69, 9.17) is 0 Å². The van der Waals surface area contributed by atoms with Gasteiger partial charge in [-0.1, -0.05) is 22.9 Å². The van der Waals surface area contributed by atoms with Crippen molar-refractivity contribution < 1.29 is 4.79 Å². The lowest BCUT2D eigenvalue weighted by Crippen LogP contribution is -2.09. The molecule has 0 radical (unpaired) electrons. The molecule has 46 valence electrons. The van der Waals surface area contributed by atoms with E-state index in [0.717, 1.165) is 12.8 Å². The molecule has 0 bridgehead atoms. The van der Waals surface area contributed by atoms with E-state index in [0.29, 0.717) is 11.7 Å². The molecule has 1 rings (SSSR count). The number of hydrogen-bond acceptors (Lipinski definition) is 1. The SMILES string of the molecule is C[C@H]1CCC(=O)[C@H]1Br. The van der Waals surface area contributed by atoms with Gasteiger partial charge in [0.2, 0.25) is 0 Å². The second kappa shape index (κ2) is 2.18. The standard InChI is InChI=1S/C6H9BrO/c1-4-2-3-5(8)6(4)7/h4,6H,2-3H2,1H3/t4-,6-/m0/s1. The molecule has 1 nitrogen and oxygen atoms in total. The van der Waals surface area contributed by atoms with Gasteiger partial charge >= 0.3 is 0 Å². The van der Waals surface area contributed by atoms with Gasteiger partial charge in [-0.15, -0.1) is 0 Å². The summed E-state index contributed by atoms with van der Waals surface area (Å²) in [6, 6.07) is 0. The van der Waals surface area contributed by atoms with Crippen molar-refractivity contribution in [1.29, 1.82) is 0 Å². The van der Waals surface area contributed by atoms with Gasteiger partial charge in [0.1, 0.15) is 5.78 Å². The van der Waals surface area contributed by atoms with Crippen LogP contribution in [0.5, 0.6) is 0 Å². The normalized spacial score (nSPS) is 38.5. The topological polar surface area (TPSA) is 17.1 Å². The van der Waals surface area contributed by atoms with Gasteiger partial charge in [0.15, 0.2) is 0 Å². The summed E-state index contributed by atoms with van der Waals surface area (Å²) in [7, 11) is 0. The molecule has 1 aliphatic carbocycles. The average molecular weight is 177 g/mol. The zero-order valence-electron chi connectivity index (χ0n) is 4.86. The van der Waals surface area contributed by atoms with E-state index >= 15 is 0 Å². The summed E-state index contributed by atoms with van der Waals surface area (Å²) >= 11 is 3.32. The van der Waals surface area contributed by atoms with Crippen molar-refractivity contribution in [2.45, 2.75) is 24.6 Å². The number of ketones is 1. The van der Waals surface area contributed by atoms with Gasteiger partial charge in [-0.2, -0.15) is 0 Å². The first-order valence-corrected chi connectivity index (χ1v) is 3.80. The Morgan fingerprint density at radius 3 is 2.50 bits per heavy atom. The van der Waals surface area contributed by atoms with Gasteiger partial charge in [-0.05, 0) is 12.3 Å². The Morgan fingerprint density at radius 2 is 2.38 bits per heavy atom. The van der Waals surface area contributed by atoms with Crippen LogP contribution in [-0.2, 0) is 4.79 Å². The molecule has 0 unspecified atom stereocenters. The third-order valence-electron chi connectivity index (χ3n) is 1.65. The molecule has 0 N–H and O–H groups in total. The second-order valence-corrected chi connectivity index (χ2v) is 3.37. The predicted octanol–water partition coefficient (Wildman–Crippen LogP) is 1.75. The summed E-state index contributed by atoms with van der Waals surface area (Å²) in [5, 5.41) is 0. The molecule has 0 amide bonds. The molecule has 0 aromatic carbocycles. The van der Waals surface area contributed by atoms with Crippen molar-refractivity contribution in [3.05, 3.63) is 0 Å². The van der Waals surface area contributed by atoms with E-state index < -0.39 is 0 Å². The Labute approximate surface area is 57.6 Å². The third kappa shape index (κ3) is 0.943. The van der Waals surface area contributed by atoms with E-state index in [1.807, 2.05) is 0 Å². The van der Waals surface area contributed by atoms with Crippen molar-refractivity contribution in [3.8, 4) is 0 Å². The Kier molecular flexibility index (Phi) is 1.71. The maximum Gasteiger partial charge on any atom is 0.146 e. The third-order valence-corrected chi connectivity index (χ3v) is 3.07. The number of carbonyl (C=O) groups excluding carboxylic acids is 1. The van der Waals surface area contributed by atoms with Gasteiger partial charge in [-0.25, -0.2) is 0 Å². The molecule has 0 heterocycles. The fourth-order valence-electron chi connectivity index (χ4n) is 0.971. The van der Waals surface area contributed by atoms with Crippen LogP contribution in [0.4, 0.5) is 0 Å². The lowest BCUT2D eigenvalue weighted by atomic mass is 10.1. The fraction of sp³-hybridized carbons (Fsp3) is 0.833. The molecule has 0 saturated heterocycles. The molecule has 0 aromatic heterocycles. The minimum Gasteiger partial charge on any atom is -0.298 e. The highest BCUT2D eigenvalue weighted by molar-refractivity contribution is 9.10. The zero-order chi connectivity index (χ0) is 6.15.